The summed E-state index contributed by atoms with van der Waals surface area (Å²) in [5, 5.41) is 3.35. The van der Waals surface area contributed by atoms with Crippen LogP contribution in [-0.2, 0) is 0 Å². The number of nitrogens with two attached hydrogens (primary N) is 1. The average molecular weight is 252 g/mol. The molecule has 0 spiro atoms. The first kappa shape index (κ1) is 13.7. The van der Waals surface area contributed by atoms with Gasteiger partial charge in [-0.2, -0.15) is 0 Å². The lowest BCUT2D eigenvalue weighted by Crippen LogP contribution is -2.43. The Balaban J connectivity index is 1.92. The predicted octanol–water partition coefficient (Wildman–Crippen LogP) is 2.16. The SMILES string of the molecule is CC(C)CC1(CN=C(NN)NC2CC2)CCCC1. The van der Waals surface area contributed by atoms with Gasteiger partial charge in [0, 0.05) is 12.6 Å². The van der Waals surface area contributed by atoms with Crippen LogP contribution in [-0.4, -0.2) is 18.5 Å². The van der Waals surface area contributed by atoms with Crippen LogP contribution in [0.3, 0.4) is 0 Å². The molecule has 4 heteroatoms. The lowest BCUT2D eigenvalue weighted by Gasteiger charge is -2.29. The molecule has 4 nitrogen and oxygen atoms in total. The molecule has 0 aliphatic heterocycles. The Hall–Kier alpha value is -0.770. The van der Waals surface area contributed by atoms with E-state index in [0.717, 1.165) is 18.4 Å². The van der Waals surface area contributed by atoms with Crippen LogP contribution in [0.25, 0.3) is 0 Å². The van der Waals surface area contributed by atoms with Crippen molar-refractivity contribution in [2.24, 2.45) is 22.2 Å². The topological polar surface area (TPSA) is 62.4 Å². The normalized spacial score (nSPS) is 23.4. The van der Waals surface area contributed by atoms with Crippen molar-refractivity contribution in [2.75, 3.05) is 6.54 Å². The molecule has 2 fully saturated rings. The summed E-state index contributed by atoms with van der Waals surface area (Å²) in [6.07, 6.45) is 9.17. The number of rotatable bonds is 5. The maximum Gasteiger partial charge on any atom is 0.205 e. The minimum Gasteiger partial charge on any atom is -0.353 e. The molecule has 0 atom stereocenters. The van der Waals surface area contributed by atoms with Gasteiger partial charge < -0.3 is 5.32 Å². The van der Waals surface area contributed by atoms with E-state index in [-0.39, 0.29) is 0 Å². The van der Waals surface area contributed by atoms with Gasteiger partial charge in [-0.15, -0.1) is 0 Å². The summed E-state index contributed by atoms with van der Waals surface area (Å²) in [5.74, 6) is 7.07. The van der Waals surface area contributed by atoms with Gasteiger partial charge in [-0.1, -0.05) is 26.7 Å². The molecule has 2 aliphatic carbocycles. The molecule has 0 saturated heterocycles. The summed E-state index contributed by atoms with van der Waals surface area (Å²) in [4.78, 5) is 4.70. The van der Waals surface area contributed by atoms with Crippen molar-refractivity contribution in [3.05, 3.63) is 0 Å². The summed E-state index contributed by atoms with van der Waals surface area (Å²) < 4.78 is 0. The molecule has 0 heterocycles. The van der Waals surface area contributed by atoms with Gasteiger partial charge in [0.05, 0.1) is 0 Å². The standard InChI is InChI=1S/C14H28N4/c1-11(2)9-14(7-3-4-8-14)10-16-13(18-15)17-12-5-6-12/h11-12H,3-10,15H2,1-2H3,(H2,16,17,18). The van der Waals surface area contributed by atoms with E-state index in [1.165, 1.54) is 44.9 Å². The predicted molar refractivity (Wildman–Crippen MR) is 76.1 cm³/mol. The summed E-state index contributed by atoms with van der Waals surface area (Å²) >= 11 is 0. The highest BCUT2D eigenvalue weighted by atomic mass is 15.3. The van der Waals surface area contributed by atoms with E-state index in [1.54, 1.807) is 0 Å². The molecule has 0 unspecified atom stereocenters. The number of hydrogen-bond donors (Lipinski definition) is 3. The lowest BCUT2D eigenvalue weighted by molar-refractivity contribution is 0.245. The molecule has 0 aromatic carbocycles. The number of guanidine groups is 1. The van der Waals surface area contributed by atoms with Gasteiger partial charge in [-0.3, -0.25) is 10.4 Å². The molecular weight excluding hydrogens is 224 g/mol. The minimum atomic E-state index is 0.432. The van der Waals surface area contributed by atoms with Crippen LogP contribution in [0.5, 0.6) is 0 Å². The van der Waals surface area contributed by atoms with Crippen molar-refractivity contribution in [1.82, 2.24) is 10.7 Å². The molecule has 2 saturated carbocycles. The van der Waals surface area contributed by atoms with Crippen LogP contribution < -0.4 is 16.6 Å². The molecule has 4 N–H and O–H groups in total. The van der Waals surface area contributed by atoms with Gasteiger partial charge in [-0.05, 0) is 43.4 Å². The Labute approximate surface area is 111 Å². The van der Waals surface area contributed by atoms with Gasteiger partial charge in [0.2, 0.25) is 5.96 Å². The van der Waals surface area contributed by atoms with E-state index in [4.69, 9.17) is 10.8 Å². The quantitative estimate of drug-likeness (QED) is 0.304. The number of nitrogens with one attached hydrogen (secondary N) is 2. The zero-order valence-corrected chi connectivity index (χ0v) is 11.8. The van der Waals surface area contributed by atoms with Gasteiger partial charge in [-0.25, -0.2) is 5.84 Å². The first-order valence-corrected chi connectivity index (χ1v) is 7.41. The van der Waals surface area contributed by atoms with E-state index in [1.807, 2.05) is 0 Å². The third-order valence-corrected chi connectivity index (χ3v) is 4.13. The van der Waals surface area contributed by atoms with E-state index >= 15 is 0 Å². The fourth-order valence-corrected chi connectivity index (χ4v) is 3.22. The van der Waals surface area contributed by atoms with E-state index in [0.29, 0.717) is 11.5 Å². The van der Waals surface area contributed by atoms with Crippen molar-refractivity contribution in [2.45, 2.75) is 64.8 Å². The van der Waals surface area contributed by atoms with Gasteiger partial charge in [0.15, 0.2) is 0 Å². The van der Waals surface area contributed by atoms with Crippen molar-refractivity contribution >= 4 is 5.96 Å². The van der Waals surface area contributed by atoms with Gasteiger partial charge >= 0.3 is 0 Å². The first-order valence-electron chi connectivity index (χ1n) is 7.41. The Kier molecular flexibility index (Phi) is 4.49. The fraction of sp³-hybridized carbons (Fsp3) is 0.929. The molecule has 18 heavy (non-hydrogen) atoms. The van der Waals surface area contributed by atoms with Crippen LogP contribution in [0, 0.1) is 11.3 Å². The highest BCUT2D eigenvalue weighted by Crippen LogP contribution is 2.43. The third kappa shape index (κ3) is 3.87. The fourth-order valence-electron chi connectivity index (χ4n) is 3.22. The Morgan fingerprint density at radius 3 is 2.50 bits per heavy atom. The van der Waals surface area contributed by atoms with Crippen molar-refractivity contribution in [3.8, 4) is 0 Å². The van der Waals surface area contributed by atoms with Crippen LogP contribution in [0.4, 0.5) is 0 Å². The molecular formula is C14H28N4. The highest BCUT2D eigenvalue weighted by Gasteiger charge is 2.34. The largest absolute Gasteiger partial charge is 0.353 e. The molecule has 2 aliphatic rings. The van der Waals surface area contributed by atoms with E-state index in [9.17, 15) is 0 Å². The van der Waals surface area contributed by atoms with Gasteiger partial charge in [0.1, 0.15) is 0 Å². The summed E-state index contributed by atoms with van der Waals surface area (Å²) in [6, 6.07) is 0.601. The van der Waals surface area contributed by atoms with Gasteiger partial charge in [0.25, 0.3) is 0 Å². The summed E-state index contributed by atoms with van der Waals surface area (Å²) in [6.45, 7) is 5.55. The average Bonchev–Trinajstić information content (AvgIpc) is 3.03. The van der Waals surface area contributed by atoms with E-state index < -0.39 is 0 Å². The summed E-state index contributed by atoms with van der Waals surface area (Å²) in [5.41, 5.74) is 3.14. The van der Waals surface area contributed by atoms with Crippen LogP contribution >= 0.6 is 0 Å². The molecule has 104 valence electrons. The monoisotopic (exact) mass is 252 g/mol. The van der Waals surface area contributed by atoms with Crippen molar-refractivity contribution in [1.29, 1.82) is 0 Å². The molecule has 0 aromatic rings. The second kappa shape index (κ2) is 5.91. The Morgan fingerprint density at radius 2 is 2.00 bits per heavy atom. The maximum absolute atomic E-state index is 5.53. The maximum atomic E-state index is 5.53. The minimum absolute atomic E-state index is 0.432. The zero-order valence-electron chi connectivity index (χ0n) is 11.8. The van der Waals surface area contributed by atoms with E-state index in [2.05, 4.69) is 24.6 Å². The third-order valence-electron chi connectivity index (χ3n) is 4.13. The van der Waals surface area contributed by atoms with Crippen LogP contribution in [0.1, 0.15) is 58.8 Å². The molecule has 0 amide bonds. The lowest BCUT2D eigenvalue weighted by atomic mass is 9.78. The molecule has 0 bridgehead atoms. The Bertz CT molecular complexity index is 288. The first-order chi connectivity index (χ1) is 8.63. The molecule has 0 aromatic heterocycles. The Morgan fingerprint density at radius 1 is 1.33 bits per heavy atom. The number of hydrogen-bond acceptors (Lipinski definition) is 2. The van der Waals surface area contributed by atoms with Crippen LogP contribution in [0.15, 0.2) is 4.99 Å². The highest BCUT2D eigenvalue weighted by molar-refractivity contribution is 5.79. The number of nitrogens with zero attached hydrogens (tertiary/aromatic N) is 1. The van der Waals surface area contributed by atoms with Crippen molar-refractivity contribution in [3.63, 3.8) is 0 Å². The summed E-state index contributed by atoms with van der Waals surface area (Å²) in [7, 11) is 0. The zero-order chi connectivity index (χ0) is 13.0. The molecule has 2 rings (SSSR count). The number of hydrazine groups is 1. The second-order valence-corrected chi connectivity index (χ2v) is 6.53. The second-order valence-electron chi connectivity index (χ2n) is 6.53. The van der Waals surface area contributed by atoms with Crippen molar-refractivity contribution < 1.29 is 0 Å². The smallest absolute Gasteiger partial charge is 0.205 e. The molecule has 0 radical (unpaired) electrons. The number of aliphatic imine (C=N–C) groups is 1. The van der Waals surface area contributed by atoms with Crippen LogP contribution in [0.2, 0.25) is 0 Å².